The van der Waals surface area contributed by atoms with Crippen LogP contribution in [0.5, 0.6) is 11.5 Å². The molecule has 3 rings (SSSR count). The van der Waals surface area contributed by atoms with Gasteiger partial charge in [0.1, 0.15) is 11.5 Å². The normalized spacial score (nSPS) is 10.8. The van der Waals surface area contributed by atoms with Crippen LogP contribution in [0.15, 0.2) is 64.2 Å². The zero-order valence-corrected chi connectivity index (χ0v) is 17.1. The third-order valence-corrected chi connectivity index (χ3v) is 4.72. The molecule has 0 spiro atoms. The molecule has 6 nitrogen and oxygen atoms in total. The Labute approximate surface area is 171 Å². The Morgan fingerprint density at radius 1 is 1.04 bits per heavy atom. The van der Waals surface area contributed by atoms with E-state index in [1.165, 1.54) is 6.21 Å². The van der Waals surface area contributed by atoms with Gasteiger partial charge in [-0.1, -0.05) is 30.3 Å². The van der Waals surface area contributed by atoms with Crippen LogP contribution < -0.4 is 20.2 Å². The summed E-state index contributed by atoms with van der Waals surface area (Å²) >= 11 is 3.42. The fraction of sp³-hybridized carbons (Fsp3) is 0.143. The van der Waals surface area contributed by atoms with E-state index in [1.807, 2.05) is 42.5 Å². The third kappa shape index (κ3) is 4.80. The van der Waals surface area contributed by atoms with Gasteiger partial charge in [0.25, 0.3) is 5.91 Å². The number of benzene rings is 3. The Balaban J connectivity index is 1.58. The number of carbonyl (C=O) groups excluding carboxylic acids is 1. The molecule has 0 radical (unpaired) electrons. The van der Waals surface area contributed by atoms with Crippen molar-refractivity contribution in [2.24, 2.45) is 5.10 Å². The van der Waals surface area contributed by atoms with Gasteiger partial charge in [-0.25, -0.2) is 5.43 Å². The van der Waals surface area contributed by atoms with E-state index >= 15 is 0 Å². The maximum absolute atomic E-state index is 12.0. The number of fused-ring (bicyclic) bond motifs is 1. The van der Waals surface area contributed by atoms with Crippen molar-refractivity contribution in [2.45, 2.75) is 0 Å². The smallest absolute Gasteiger partial charge is 0.259 e. The van der Waals surface area contributed by atoms with E-state index in [2.05, 4.69) is 31.8 Å². The van der Waals surface area contributed by atoms with Crippen LogP contribution in [0, 0.1) is 0 Å². The molecule has 0 saturated heterocycles. The molecule has 0 fully saturated rings. The van der Waals surface area contributed by atoms with Crippen molar-refractivity contribution < 1.29 is 14.3 Å². The minimum absolute atomic E-state index is 0.110. The summed E-state index contributed by atoms with van der Waals surface area (Å²) in [5, 5.41) is 9.37. The van der Waals surface area contributed by atoms with Crippen molar-refractivity contribution in [1.29, 1.82) is 0 Å². The number of rotatable bonds is 7. The number of amides is 1. The first-order valence-electron chi connectivity index (χ1n) is 8.57. The molecule has 3 aromatic carbocycles. The summed E-state index contributed by atoms with van der Waals surface area (Å²) in [5.74, 6) is 0.987. The average Bonchev–Trinajstić information content (AvgIpc) is 2.72. The number of hydrogen-bond donors (Lipinski definition) is 2. The summed E-state index contributed by atoms with van der Waals surface area (Å²) < 4.78 is 11.3. The highest BCUT2D eigenvalue weighted by atomic mass is 79.9. The average molecular weight is 442 g/mol. The molecule has 0 heterocycles. The van der Waals surface area contributed by atoms with Crippen LogP contribution in [-0.2, 0) is 4.79 Å². The lowest BCUT2D eigenvalue weighted by molar-refractivity contribution is -0.119. The van der Waals surface area contributed by atoms with Crippen molar-refractivity contribution in [2.75, 3.05) is 26.1 Å². The molecule has 2 N–H and O–H groups in total. The number of anilines is 1. The van der Waals surface area contributed by atoms with Crippen LogP contribution >= 0.6 is 15.9 Å². The molecule has 0 unspecified atom stereocenters. The van der Waals surface area contributed by atoms with Crippen LogP contribution in [0.1, 0.15) is 5.56 Å². The van der Waals surface area contributed by atoms with Gasteiger partial charge in [0.05, 0.1) is 31.5 Å². The number of halogens is 1. The Bertz CT molecular complexity index is 1020. The van der Waals surface area contributed by atoms with Crippen LogP contribution in [0.4, 0.5) is 5.69 Å². The monoisotopic (exact) mass is 441 g/mol. The number of nitrogens with one attached hydrogen (secondary N) is 2. The SMILES string of the molecule is COc1cc(OC)c(C=NNC(=O)CNc2ccc3ccccc3c2)cc1Br. The lowest BCUT2D eigenvalue weighted by Gasteiger charge is -2.09. The van der Waals surface area contributed by atoms with E-state index in [0.717, 1.165) is 20.9 Å². The molecule has 0 aromatic heterocycles. The molecule has 0 atom stereocenters. The van der Waals surface area contributed by atoms with Crippen molar-refractivity contribution in [1.82, 2.24) is 5.43 Å². The molecule has 28 heavy (non-hydrogen) atoms. The summed E-state index contributed by atoms with van der Waals surface area (Å²) in [7, 11) is 3.14. The standard InChI is InChI=1S/C21H20BrN3O3/c1-27-19-11-20(28-2)18(22)10-16(19)12-24-25-21(26)13-23-17-8-7-14-5-3-4-6-15(14)9-17/h3-12,23H,13H2,1-2H3,(H,25,26). The molecule has 0 bridgehead atoms. The topological polar surface area (TPSA) is 72.0 Å². The van der Waals surface area contributed by atoms with Crippen molar-refractivity contribution >= 4 is 44.5 Å². The highest BCUT2D eigenvalue weighted by molar-refractivity contribution is 9.10. The van der Waals surface area contributed by atoms with Gasteiger partial charge in [-0.05, 0) is 44.9 Å². The van der Waals surface area contributed by atoms with E-state index < -0.39 is 0 Å². The third-order valence-electron chi connectivity index (χ3n) is 4.10. The van der Waals surface area contributed by atoms with Gasteiger partial charge in [0.2, 0.25) is 0 Å². The number of methoxy groups -OCH3 is 2. The van der Waals surface area contributed by atoms with Crippen molar-refractivity contribution in [3.8, 4) is 11.5 Å². The lowest BCUT2D eigenvalue weighted by atomic mass is 10.1. The Morgan fingerprint density at radius 3 is 2.54 bits per heavy atom. The highest BCUT2D eigenvalue weighted by Crippen LogP contribution is 2.31. The molecular formula is C21H20BrN3O3. The molecule has 0 aliphatic heterocycles. The van der Waals surface area contributed by atoms with Gasteiger partial charge >= 0.3 is 0 Å². The zero-order valence-electron chi connectivity index (χ0n) is 15.5. The fourth-order valence-electron chi connectivity index (χ4n) is 2.68. The molecule has 0 saturated carbocycles. The molecule has 7 heteroatoms. The van der Waals surface area contributed by atoms with E-state index in [4.69, 9.17) is 9.47 Å². The largest absolute Gasteiger partial charge is 0.496 e. The fourth-order valence-corrected chi connectivity index (χ4v) is 3.20. The predicted molar refractivity (Wildman–Crippen MR) is 115 cm³/mol. The Morgan fingerprint density at radius 2 is 1.79 bits per heavy atom. The summed E-state index contributed by atoms with van der Waals surface area (Å²) in [5.41, 5.74) is 4.08. The van der Waals surface area contributed by atoms with Gasteiger partial charge in [-0.3, -0.25) is 4.79 Å². The maximum Gasteiger partial charge on any atom is 0.259 e. The quantitative estimate of drug-likeness (QED) is 0.426. The minimum Gasteiger partial charge on any atom is -0.496 e. The van der Waals surface area contributed by atoms with E-state index in [0.29, 0.717) is 17.1 Å². The first-order chi connectivity index (χ1) is 13.6. The highest BCUT2D eigenvalue weighted by Gasteiger charge is 2.08. The van der Waals surface area contributed by atoms with Gasteiger partial charge in [-0.15, -0.1) is 0 Å². The minimum atomic E-state index is -0.254. The molecule has 3 aromatic rings. The van der Waals surface area contributed by atoms with Crippen molar-refractivity contribution in [3.63, 3.8) is 0 Å². The summed E-state index contributed by atoms with van der Waals surface area (Å²) in [6.07, 6.45) is 1.52. The summed E-state index contributed by atoms with van der Waals surface area (Å²) in [6, 6.07) is 17.6. The van der Waals surface area contributed by atoms with Crippen LogP contribution in [-0.4, -0.2) is 32.9 Å². The van der Waals surface area contributed by atoms with Gasteiger partial charge in [-0.2, -0.15) is 5.10 Å². The maximum atomic E-state index is 12.0. The Kier molecular flexibility index (Phi) is 6.49. The van der Waals surface area contributed by atoms with Gasteiger partial charge in [0, 0.05) is 17.3 Å². The molecule has 0 aliphatic rings. The summed E-state index contributed by atoms with van der Waals surface area (Å²) in [4.78, 5) is 12.0. The van der Waals surface area contributed by atoms with Crippen LogP contribution in [0.2, 0.25) is 0 Å². The molecule has 1 amide bonds. The number of carbonyl (C=O) groups is 1. The molecule has 0 aliphatic carbocycles. The number of hydrogen-bond acceptors (Lipinski definition) is 5. The second-order valence-electron chi connectivity index (χ2n) is 5.94. The van der Waals surface area contributed by atoms with Crippen LogP contribution in [0.25, 0.3) is 10.8 Å². The van der Waals surface area contributed by atoms with Crippen LogP contribution in [0.3, 0.4) is 0 Å². The van der Waals surface area contributed by atoms with Crippen molar-refractivity contribution in [3.05, 3.63) is 64.6 Å². The van der Waals surface area contributed by atoms with Gasteiger partial charge < -0.3 is 14.8 Å². The second-order valence-corrected chi connectivity index (χ2v) is 6.79. The predicted octanol–water partition coefficient (Wildman–Crippen LogP) is 4.18. The number of hydrazone groups is 1. The van der Waals surface area contributed by atoms with E-state index in [1.54, 1.807) is 26.4 Å². The van der Waals surface area contributed by atoms with E-state index in [-0.39, 0.29) is 12.5 Å². The lowest BCUT2D eigenvalue weighted by Crippen LogP contribution is -2.25. The zero-order chi connectivity index (χ0) is 19.9. The van der Waals surface area contributed by atoms with E-state index in [9.17, 15) is 4.79 Å². The molecule has 144 valence electrons. The van der Waals surface area contributed by atoms with Gasteiger partial charge in [0.15, 0.2) is 0 Å². The molecular weight excluding hydrogens is 422 g/mol. The number of nitrogens with zero attached hydrogens (tertiary/aromatic N) is 1. The second kappa shape index (κ2) is 9.23. The summed E-state index contributed by atoms with van der Waals surface area (Å²) in [6.45, 7) is 0.110. The first kappa shape index (κ1) is 19.7. The first-order valence-corrected chi connectivity index (χ1v) is 9.36. The Hall–Kier alpha value is -3.06. The number of ether oxygens (including phenoxy) is 2.